The van der Waals surface area contributed by atoms with Crippen LogP contribution in [0.25, 0.3) is 0 Å². The summed E-state index contributed by atoms with van der Waals surface area (Å²) in [5.74, 6) is 0. The highest BCUT2D eigenvalue weighted by molar-refractivity contribution is 7.89. The predicted molar refractivity (Wildman–Crippen MR) is 75.3 cm³/mol. The lowest BCUT2D eigenvalue weighted by atomic mass is 10.1. The monoisotopic (exact) mass is 286 g/mol. The van der Waals surface area contributed by atoms with Crippen molar-refractivity contribution in [3.05, 3.63) is 29.8 Å². The smallest absolute Gasteiger partial charge is 0.240 e. The number of nitrogens with one attached hydrogen (secondary N) is 1. The van der Waals surface area contributed by atoms with Gasteiger partial charge in [0.1, 0.15) is 6.23 Å². The summed E-state index contributed by atoms with van der Waals surface area (Å²) >= 11 is 0. The molecule has 0 aliphatic heterocycles. The van der Waals surface area contributed by atoms with E-state index in [2.05, 4.69) is 4.72 Å². The standard InChI is InChI=1S/C13H22N2O3S/c1-4-14-19(17,18)12-8-6-5-7-11(12)9-10-13(16)15(2)3/h5-8,13-14,16H,4,9-10H2,1-3H3. The molecule has 108 valence electrons. The van der Waals surface area contributed by atoms with E-state index in [1.54, 1.807) is 44.1 Å². The molecule has 0 aliphatic carbocycles. The Kier molecular flexibility index (Phi) is 5.93. The van der Waals surface area contributed by atoms with Crippen LogP contribution < -0.4 is 4.72 Å². The van der Waals surface area contributed by atoms with Gasteiger partial charge < -0.3 is 5.11 Å². The third kappa shape index (κ3) is 4.58. The Morgan fingerprint density at radius 2 is 1.95 bits per heavy atom. The second-order valence-corrected chi connectivity index (χ2v) is 6.33. The van der Waals surface area contributed by atoms with Crippen molar-refractivity contribution in [3.8, 4) is 0 Å². The van der Waals surface area contributed by atoms with Crippen molar-refractivity contribution < 1.29 is 13.5 Å². The molecule has 0 bridgehead atoms. The van der Waals surface area contributed by atoms with Crippen molar-refractivity contribution in [1.82, 2.24) is 9.62 Å². The molecule has 0 fully saturated rings. The number of sulfonamides is 1. The van der Waals surface area contributed by atoms with E-state index in [4.69, 9.17) is 0 Å². The average Bonchev–Trinajstić information content (AvgIpc) is 2.36. The molecule has 1 aromatic rings. The molecular formula is C13H22N2O3S. The molecule has 5 nitrogen and oxygen atoms in total. The van der Waals surface area contributed by atoms with Gasteiger partial charge in [0.2, 0.25) is 10.0 Å². The number of hydrogen-bond acceptors (Lipinski definition) is 4. The molecule has 1 rings (SSSR count). The Hall–Kier alpha value is -0.950. The Morgan fingerprint density at radius 3 is 2.53 bits per heavy atom. The molecule has 2 N–H and O–H groups in total. The molecule has 6 heteroatoms. The van der Waals surface area contributed by atoms with E-state index >= 15 is 0 Å². The number of hydrogen-bond donors (Lipinski definition) is 2. The van der Waals surface area contributed by atoms with Gasteiger partial charge in [0.15, 0.2) is 0 Å². The molecule has 0 saturated carbocycles. The first kappa shape index (κ1) is 16.1. The minimum atomic E-state index is -3.45. The third-order valence-corrected chi connectivity index (χ3v) is 4.51. The molecule has 0 spiro atoms. The molecule has 19 heavy (non-hydrogen) atoms. The maximum atomic E-state index is 12.0. The summed E-state index contributed by atoms with van der Waals surface area (Å²) in [6, 6.07) is 6.89. The second-order valence-electron chi connectivity index (χ2n) is 4.59. The van der Waals surface area contributed by atoms with Crippen LogP contribution in [0.2, 0.25) is 0 Å². The second kappa shape index (κ2) is 7.00. The number of benzene rings is 1. The number of aliphatic hydroxyl groups excluding tert-OH is 1. The van der Waals surface area contributed by atoms with Gasteiger partial charge in [-0.3, -0.25) is 4.90 Å². The molecule has 0 heterocycles. The molecule has 0 saturated heterocycles. The molecule has 0 amide bonds. The van der Waals surface area contributed by atoms with Gasteiger partial charge in [0.25, 0.3) is 0 Å². The summed E-state index contributed by atoms with van der Waals surface area (Å²) in [4.78, 5) is 1.99. The SMILES string of the molecule is CCNS(=O)(=O)c1ccccc1CCC(O)N(C)C. The number of aryl methyl sites for hydroxylation is 1. The van der Waals surface area contributed by atoms with E-state index in [1.807, 2.05) is 6.07 Å². The predicted octanol–water partition coefficient (Wildman–Crippen LogP) is 0.797. The maximum Gasteiger partial charge on any atom is 0.240 e. The van der Waals surface area contributed by atoms with Crippen molar-refractivity contribution in [2.75, 3.05) is 20.6 Å². The van der Waals surface area contributed by atoms with Crippen LogP contribution in [0.4, 0.5) is 0 Å². The van der Waals surface area contributed by atoms with E-state index in [0.717, 1.165) is 5.56 Å². The van der Waals surface area contributed by atoms with Crippen LogP contribution in [0.5, 0.6) is 0 Å². The van der Waals surface area contributed by atoms with Crippen LogP contribution in [0.3, 0.4) is 0 Å². The lowest BCUT2D eigenvalue weighted by Crippen LogP contribution is -2.28. The van der Waals surface area contributed by atoms with Crippen LogP contribution in [-0.4, -0.2) is 45.3 Å². The highest BCUT2D eigenvalue weighted by Gasteiger charge is 2.17. The van der Waals surface area contributed by atoms with Gasteiger partial charge in [0, 0.05) is 6.54 Å². The molecule has 0 aromatic heterocycles. The summed E-state index contributed by atoms with van der Waals surface area (Å²) in [5.41, 5.74) is 0.726. The molecule has 0 aliphatic rings. The summed E-state index contributed by atoms with van der Waals surface area (Å²) < 4.78 is 26.6. The van der Waals surface area contributed by atoms with Crippen LogP contribution in [0.1, 0.15) is 18.9 Å². The minimum absolute atomic E-state index is 0.294. The van der Waals surface area contributed by atoms with Crippen LogP contribution in [0, 0.1) is 0 Å². The summed E-state index contributed by atoms with van der Waals surface area (Å²) in [6.45, 7) is 2.10. The minimum Gasteiger partial charge on any atom is -0.378 e. The maximum absolute atomic E-state index is 12.0. The largest absolute Gasteiger partial charge is 0.378 e. The summed E-state index contributed by atoms with van der Waals surface area (Å²) in [5, 5.41) is 9.75. The Bertz CT molecular complexity index is 500. The lowest BCUT2D eigenvalue weighted by Gasteiger charge is -2.19. The van der Waals surface area contributed by atoms with E-state index < -0.39 is 16.3 Å². The molecular weight excluding hydrogens is 264 g/mol. The van der Waals surface area contributed by atoms with Crippen LogP contribution >= 0.6 is 0 Å². The molecule has 1 unspecified atom stereocenters. The van der Waals surface area contributed by atoms with Crippen LogP contribution in [0.15, 0.2) is 29.2 Å². The Morgan fingerprint density at radius 1 is 1.32 bits per heavy atom. The van der Waals surface area contributed by atoms with Gasteiger partial charge in [-0.25, -0.2) is 13.1 Å². The highest BCUT2D eigenvalue weighted by atomic mass is 32.2. The zero-order chi connectivity index (χ0) is 14.5. The zero-order valence-corrected chi connectivity index (χ0v) is 12.4. The van der Waals surface area contributed by atoms with Gasteiger partial charge in [-0.2, -0.15) is 0 Å². The number of nitrogens with zero attached hydrogens (tertiary/aromatic N) is 1. The fourth-order valence-corrected chi connectivity index (χ4v) is 3.09. The lowest BCUT2D eigenvalue weighted by molar-refractivity contribution is 0.0336. The van der Waals surface area contributed by atoms with Crippen LogP contribution in [-0.2, 0) is 16.4 Å². The van der Waals surface area contributed by atoms with Gasteiger partial charge in [-0.1, -0.05) is 25.1 Å². The highest BCUT2D eigenvalue weighted by Crippen LogP contribution is 2.17. The Labute approximate surface area is 115 Å². The quantitative estimate of drug-likeness (QED) is 0.727. The average molecular weight is 286 g/mol. The van der Waals surface area contributed by atoms with Gasteiger partial charge >= 0.3 is 0 Å². The number of rotatable bonds is 7. The van der Waals surface area contributed by atoms with Crippen molar-refractivity contribution in [2.24, 2.45) is 0 Å². The normalized spacial score (nSPS) is 13.7. The van der Waals surface area contributed by atoms with E-state index in [1.165, 1.54) is 0 Å². The summed E-state index contributed by atoms with van der Waals surface area (Å²) in [7, 11) is 0.113. The fourth-order valence-electron chi connectivity index (χ4n) is 1.78. The van der Waals surface area contributed by atoms with E-state index in [9.17, 15) is 13.5 Å². The fraction of sp³-hybridized carbons (Fsp3) is 0.538. The molecule has 1 atom stereocenters. The Balaban J connectivity index is 2.91. The van der Waals surface area contributed by atoms with Crippen molar-refractivity contribution in [2.45, 2.75) is 30.9 Å². The van der Waals surface area contributed by atoms with E-state index in [0.29, 0.717) is 24.3 Å². The topological polar surface area (TPSA) is 69.6 Å². The van der Waals surface area contributed by atoms with Crippen molar-refractivity contribution in [3.63, 3.8) is 0 Å². The van der Waals surface area contributed by atoms with Gasteiger partial charge in [-0.05, 0) is 38.6 Å². The molecule has 0 radical (unpaired) electrons. The first-order valence-electron chi connectivity index (χ1n) is 6.30. The third-order valence-electron chi connectivity index (χ3n) is 2.86. The molecule has 1 aromatic carbocycles. The van der Waals surface area contributed by atoms with Gasteiger partial charge in [0.05, 0.1) is 4.90 Å². The first-order valence-corrected chi connectivity index (χ1v) is 7.79. The van der Waals surface area contributed by atoms with Crippen molar-refractivity contribution >= 4 is 10.0 Å². The number of aliphatic hydroxyl groups is 1. The summed E-state index contributed by atoms with van der Waals surface area (Å²) in [6.07, 6.45) is 0.432. The zero-order valence-electron chi connectivity index (χ0n) is 11.6. The van der Waals surface area contributed by atoms with E-state index in [-0.39, 0.29) is 0 Å². The first-order chi connectivity index (χ1) is 8.88. The van der Waals surface area contributed by atoms with Gasteiger partial charge in [-0.15, -0.1) is 0 Å². The van der Waals surface area contributed by atoms with Crippen molar-refractivity contribution in [1.29, 1.82) is 0 Å².